The number of amides is 1. The molecule has 0 bridgehead atoms. The molecule has 2 N–H and O–H groups in total. The SMILES string of the molecule is CCOCC(=O)N1CCCC(C(N)=S)C1. The summed E-state index contributed by atoms with van der Waals surface area (Å²) < 4.78 is 5.09. The van der Waals surface area contributed by atoms with E-state index in [1.165, 1.54) is 0 Å². The van der Waals surface area contributed by atoms with Crippen LogP contribution in [0.5, 0.6) is 0 Å². The minimum atomic E-state index is 0.0396. The molecule has 86 valence electrons. The number of thiocarbonyl (C=S) groups is 1. The van der Waals surface area contributed by atoms with Gasteiger partial charge in [0.2, 0.25) is 5.91 Å². The summed E-state index contributed by atoms with van der Waals surface area (Å²) >= 11 is 4.95. The zero-order valence-corrected chi connectivity index (χ0v) is 9.89. The first-order chi connectivity index (χ1) is 7.15. The fourth-order valence-electron chi connectivity index (χ4n) is 1.72. The van der Waals surface area contributed by atoms with Gasteiger partial charge in [0.1, 0.15) is 6.61 Å². The molecular weight excluding hydrogens is 212 g/mol. The zero-order valence-electron chi connectivity index (χ0n) is 9.07. The molecule has 1 rings (SSSR count). The highest BCUT2D eigenvalue weighted by molar-refractivity contribution is 7.80. The molecule has 1 heterocycles. The summed E-state index contributed by atoms with van der Waals surface area (Å²) in [5.41, 5.74) is 5.59. The number of hydrogen-bond donors (Lipinski definition) is 1. The van der Waals surface area contributed by atoms with Gasteiger partial charge in [-0.15, -0.1) is 0 Å². The third-order valence-electron chi connectivity index (χ3n) is 2.61. The third-order valence-corrected chi connectivity index (χ3v) is 2.94. The Morgan fingerprint density at radius 2 is 2.40 bits per heavy atom. The quantitative estimate of drug-likeness (QED) is 0.717. The zero-order chi connectivity index (χ0) is 11.3. The molecule has 0 saturated carbocycles. The van der Waals surface area contributed by atoms with Crippen molar-refractivity contribution in [3.63, 3.8) is 0 Å². The molecule has 1 saturated heterocycles. The number of likely N-dealkylation sites (tertiary alicyclic amines) is 1. The van der Waals surface area contributed by atoms with Crippen molar-refractivity contribution in [2.45, 2.75) is 19.8 Å². The second kappa shape index (κ2) is 6.02. The van der Waals surface area contributed by atoms with Crippen LogP contribution in [-0.2, 0) is 9.53 Å². The van der Waals surface area contributed by atoms with E-state index in [9.17, 15) is 4.79 Å². The number of piperidine rings is 1. The van der Waals surface area contributed by atoms with Gasteiger partial charge in [-0.1, -0.05) is 12.2 Å². The number of carbonyl (C=O) groups excluding carboxylic acids is 1. The summed E-state index contributed by atoms with van der Waals surface area (Å²) in [6.45, 7) is 4.06. The van der Waals surface area contributed by atoms with E-state index < -0.39 is 0 Å². The van der Waals surface area contributed by atoms with E-state index in [-0.39, 0.29) is 18.4 Å². The standard InChI is InChI=1S/C10H18N2O2S/c1-2-14-7-9(13)12-5-3-4-8(6-12)10(11)15/h8H,2-7H2,1H3,(H2,11,15). The first kappa shape index (κ1) is 12.4. The lowest BCUT2D eigenvalue weighted by molar-refractivity contribution is -0.137. The van der Waals surface area contributed by atoms with Gasteiger partial charge in [0.05, 0.1) is 4.99 Å². The molecule has 1 amide bonds. The molecule has 4 nitrogen and oxygen atoms in total. The molecule has 0 aromatic heterocycles. The van der Waals surface area contributed by atoms with Crippen LogP contribution in [0.2, 0.25) is 0 Å². The van der Waals surface area contributed by atoms with Gasteiger partial charge in [0.25, 0.3) is 0 Å². The van der Waals surface area contributed by atoms with Gasteiger partial charge >= 0.3 is 0 Å². The molecule has 1 atom stereocenters. The summed E-state index contributed by atoms with van der Waals surface area (Å²) in [4.78, 5) is 14.0. The Morgan fingerprint density at radius 3 is 3.00 bits per heavy atom. The fourth-order valence-corrected chi connectivity index (χ4v) is 1.91. The van der Waals surface area contributed by atoms with E-state index in [0.29, 0.717) is 18.1 Å². The van der Waals surface area contributed by atoms with Crippen molar-refractivity contribution in [3.05, 3.63) is 0 Å². The lowest BCUT2D eigenvalue weighted by atomic mass is 9.98. The normalized spacial score (nSPS) is 21.4. The van der Waals surface area contributed by atoms with Gasteiger partial charge in [-0.05, 0) is 19.8 Å². The predicted octanol–water partition coefficient (Wildman–Crippen LogP) is 0.548. The highest BCUT2D eigenvalue weighted by atomic mass is 32.1. The van der Waals surface area contributed by atoms with Gasteiger partial charge in [-0.25, -0.2) is 0 Å². The topological polar surface area (TPSA) is 55.6 Å². The van der Waals surface area contributed by atoms with E-state index in [4.69, 9.17) is 22.7 Å². The molecule has 5 heteroatoms. The van der Waals surface area contributed by atoms with Crippen LogP contribution in [0.3, 0.4) is 0 Å². The minimum absolute atomic E-state index is 0.0396. The summed E-state index contributed by atoms with van der Waals surface area (Å²) in [5.74, 6) is 0.220. The average molecular weight is 230 g/mol. The number of hydrogen-bond acceptors (Lipinski definition) is 3. The Labute approximate surface area is 95.8 Å². The lowest BCUT2D eigenvalue weighted by Crippen LogP contribution is -2.44. The van der Waals surface area contributed by atoms with Crippen LogP contribution in [0.15, 0.2) is 0 Å². The average Bonchev–Trinajstić information content (AvgIpc) is 2.26. The number of nitrogens with two attached hydrogens (primary N) is 1. The van der Waals surface area contributed by atoms with E-state index in [2.05, 4.69) is 0 Å². The second-order valence-electron chi connectivity index (χ2n) is 3.72. The predicted molar refractivity (Wildman–Crippen MR) is 62.6 cm³/mol. The monoisotopic (exact) mass is 230 g/mol. The van der Waals surface area contributed by atoms with Crippen molar-refractivity contribution in [1.82, 2.24) is 4.90 Å². The molecule has 0 aromatic carbocycles. The van der Waals surface area contributed by atoms with Gasteiger partial charge in [0.15, 0.2) is 0 Å². The number of carbonyl (C=O) groups is 1. The summed E-state index contributed by atoms with van der Waals surface area (Å²) in [6.07, 6.45) is 1.97. The van der Waals surface area contributed by atoms with Crippen molar-refractivity contribution in [3.8, 4) is 0 Å². The van der Waals surface area contributed by atoms with Gasteiger partial charge in [0, 0.05) is 25.6 Å². The van der Waals surface area contributed by atoms with E-state index in [0.717, 1.165) is 19.4 Å². The summed E-state index contributed by atoms with van der Waals surface area (Å²) in [6, 6.07) is 0. The maximum absolute atomic E-state index is 11.6. The first-order valence-electron chi connectivity index (χ1n) is 5.30. The molecule has 0 aromatic rings. The van der Waals surface area contributed by atoms with E-state index in [1.807, 2.05) is 6.92 Å². The molecule has 15 heavy (non-hydrogen) atoms. The Hall–Kier alpha value is -0.680. The van der Waals surface area contributed by atoms with Crippen LogP contribution >= 0.6 is 12.2 Å². The highest BCUT2D eigenvalue weighted by Crippen LogP contribution is 2.16. The molecule has 1 fully saturated rings. The molecule has 0 radical (unpaired) electrons. The van der Waals surface area contributed by atoms with Gasteiger partial charge in [-0.2, -0.15) is 0 Å². The number of nitrogens with zero attached hydrogens (tertiary/aromatic N) is 1. The Bertz CT molecular complexity index is 246. The first-order valence-corrected chi connectivity index (χ1v) is 5.70. The Balaban J connectivity index is 2.41. The molecule has 1 aliphatic rings. The second-order valence-corrected chi connectivity index (χ2v) is 4.19. The highest BCUT2D eigenvalue weighted by Gasteiger charge is 2.24. The maximum atomic E-state index is 11.6. The van der Waals surface area contributed by atoms with Crippen LogP contribution in [-0.4, -0.2) is 42.1 Å². The van der Waals surface area contributed by atoms with E-state index in [1.54, 1.807) is 4.90 Å². The molecule has 0 aliphatic carbocycles. The summed E-state index contributed by atoms with van der Waals surface area (Å²) in [5, 5.41) is 0. The van der Waals surface area contributed by atoms with Gasteiger partial charge < -0.3 is 15.4 Å². The van der Waals surface area contributed by atoms with E-state index >= 15 is 0 Å². The van der Waals surface area contributed by atoms with Crippen molar-refractivity contribution in [2.24, 2.45) is 11.7 Å². The lowest BCUT2D eigenvalue weighted by Gasteiger charge is -2.32. The smallest absolute Gasteiger partial charge is 0.248 e. The molecule has 1 unspecified atom stereocenters. The number of rotatable bonds is 4. The molecule has 0 spiro atoms. The van der Waals surface area contributed by atoms with Crippen LogP contribution in [0.1, 0.15) is 19.8 Å². The van der Waals surface area contributed by atoms with Crippen molar-refractivity contribution in [2.75, 3.05) is 26.3 Å². The van der Waals surface area contributed by atoms with Crippen molar-refractivity contribution in [1.29, 1.82) is 0 Å². The minimum Gasteiger partial charge on any atom is -0.393 e. The van der Waals surface area contributed by atoms with Crippen molar-refractivity contribution >= 4 is 23.1 Å². The Morgan fingerprint density at radius 1 is 1.67 bits per heavy atom. The molecule has 1 aliphatic heterocycles. The van der Waals surface area contributed by atoms with Crippen molar-refractivity contribution < 1.29 is 9.53 Å². The summed E-state index contributed by atoms with van der Waals surface area (Å²) in [7, 11) is 0. The largest absolute Gasteiger partial charge is 0.393 e. The van der Waals surface area contributed by atoms with Crippen LogP contribution in [0.4, 0.5) is 0 Å². The number of ether oxygens (including phenoxy) is 1. The van der Waals surface area contributed by atoms with Gasteiger partial charge in [-0.3, -0.25) is 4.79 Å². The maximum Gasteiger partial charge on any atom is 0.248 e. The van der Waals surface area contributed by atoms with Crippen LogP contribution < -0.4 is 5.73 Å². The fraction of sp³-hybridized carbons (Fsp3) is 0.800. The Kier molecular flexibility index (Phi) is 4.98. The third kappa shape index (κ3) is 3.76. The van der Waals surface area contributed by atoms with Crippen LogP contribution in [0.25, 0.3) is 0 Å². The molecular formula is C10H18N2O2S. The van der Waals surface area contributed by atoms with Crippen LogP contribution in [0, 0.1) is 5.92 Å².